The van der Waals surface area contributed by atoms with E-state index in [2.05, 4.69) is 20.9 Å². The van der Waals surface area contributed by atoms with Crippen molar-refractivity contribution >= 4 is 17.6 Å². The van der Waals surface area contributed by atoms with Crippen LogP contribution in [0.2, 0.25) is 0 Å². The van der Waals surface area contributed by atoms with Gasteiger partial charge in [0.25, 0.3) is 5.91 Å². The van der Waals surface area contributed by atoms with Crippen LogP contribution in [0.25, 0.3) is 0 Å². The van der Waals surface area contributed by atoms with Gasteiger partial charge in [-0.15, -0.1) is 0 Å². The summed E-state index contributed by atoms with van der Waals surface area (Å²) in [6, 6.07) is 2.78. The van der Waals surface area contributed by atoms with E-state index in [1.165, 1.54) is 6.20 Å². The lowest BCUT2D eigenvalue weighted by Crippen LogP contribution is -2.44. The van der Waals surface area contributed by atoms with E-state index >= 15 is 0 Å². The molecular weight excluding hydrogens is 232 g/mol. The summed E-state index contributed by atoms with van der Waals surface area (Å²) in [5, 5.41) is 8.11. The minimum absolute atomic E-state index is 0.203. The van der Waals surface area contributed by atoms with Crippen LogP contribution in [-0.2, 0) is 4.79 Å². The van der Waals surface area contributed by atoms with Gasteiger partial charge in [0.05, 0.1) is 5.56 Å². The number of likely N-dealkylation sites (N-methyl/N-ethyl adjacent to an activating group) is 1. The third-order valence-corrected chi connectivity index (χ3v) is 2.37. The molecule has 0 spiro atoms. The zero-order valence-electron chi connectivity index (χ0n) is 10.8. The number of aromatic nitrogens is 1. The highest BCUT2D eigenvalue weighted by atomic mass is 16.2. The number of nitrogens with one attached hydrogen (secondary N) is 3. The Morgan fingerprint density at radius 1 is 1.39 bits per heavy atom. The second-order valence-electron chi connectivity index (χ2n) is 3.77. The van der Waals surface area contributed by atoms with Crippen LogP contribution < -0.4 is 16.0 Å². The maximum Gasteiger partial charge on any atom is 0.253 e. The van der Waals surface area contributed by atoms with Crippen molar-refractivity contribution in [3.8, 4) is 0 Å². The Morgan fingerprint density at radius 2 is 2.11 bits per heavy atom. The first-order valence-electron chi connectivity index (χ1n) is 5.80. The minimum Gasteiger partial charge on any atom is -0.373 e. The van der Waals surface area contributed by atoms with Crippen LogP contribution in [0.3, 0.4) is 0 Å². The fourth-order valence-electron chi connectivity index (χ4n) is 1.35. The molecule has 1 rings (SSSR count). The highest BCUT2D eigenvalue weighted by Gasteiger charge is 2.15. The number of pyridine rings is 1. The molecule has 0 aliphatic rings. The summed E-state index contributed by atoms with van der Waals surface area (Å²) in [4.78, 5) is 27.3. The molecule has 2 amide bonds. The number of hydrogen-bond donors (Lipinski definition) is 3. The van der Waals surface area contributed by atoms with Crippen molar-refractivity contribution in [1.29, 1.82) is 0 Å². The standard InChI is InChI=1S/C12H18N4O2/c1-4-14-11(17)8(2)16-12(18)9-5-6-10(13-3)15-7-9/h5-8H,4H2,1-3H3,(H,13,15)(H,14,17)(H,16,18). The Kier molecular flexibility index (Phi) is 5.10. The zero-order valence-corrected chi connectivity index (χ0v) is 10.8. The summed E-state index contributed by atoms with van der Waals surface area (Å²) in [5.74, 6) is 0.165. The SMILES string of the molecule is CCNC(=O)C(C)NC(=O)c1ccc(NC)nc1. The molecule has 98 valence electrons. The van der Waals surface area contributed by atoms with Crippen molar-refractivity contribution in [3.05, 3.63) is 23.9 Å². The lowest BCUT2D eigenvalue weighted by molar-refractivity contribution is -0.122. The average Bonchev–Trinajstić information content (AvgIpc) is 2.39. The molecule has 6 heteroatoms. The molecule has 0 aliphatic carbocycles. The number of carbonyl (C=O) groups excluding carboxylic acids is 2. The monoisotopic (exact) mass is 250 g/mol. The molecule has 1 atom stereocenters. The number of rotatable bonds is 5. The van der Waals surface area contributed by atoms with Gasteiger partial charge in [-0.25, -0.2) is 4.98 Å². The highest BCUT2D eigenvalue weighted by Crippen LogP contribution is 2.04. The molecule has 0 saturated carbocycles. The van der Waals surface area contributed by atoms with Crippen LogP contribution in [0.15, 0.2) is 18.3 Å². The fraction of sp³-hybridized carbons (Fsp3) is 0.417. The molecule has 0 fully saturated rings. The maximum absolute atomic E-state index is 11.8. The van der Waals surface area contributed by atoms with Crippen molar-refractivity contribution in [2.24, 2.45) is 0 Å². The van der Waals surface area contributed by atoms with Gasteiger partial charge in [0.1, 0.15) is 11.9 Å². The molecule has 18 heavy (non-hydrogen) atoms. The smallest absolute Gasteiger partial charge is 0.253 e. The summed E-state index contributed by atoms with van der Waals surface area (Å²) in [5.41, 5.74) is 0.421. The van der Waals surface area contributed by atoms with Crippen LogP contribution in [0.1, 0.15) is 24.2 Å². The zero-order chi connectivity index (χ0) is 13.5. The number of nitrogens with zero attached hydrogens (tertiary/aromatic N) is 1. The average molecular weight is 250 g/mol. The molecule has 1 aromatic rings. The predicted molar refractivity (Wildman–Crippen MR) is 69.4 cm³/mol. The van der Waals surface area contributed by atoms with Crippen molar-refractivity contribution in [1.82, 2.24) is 15.6 Å². The van der Waals surface area contributed by atoms with Gasteiger partial charge in [-0.3, -0.25) is 9.59 Å². The van der Waals surface area contributed by atoms with Gasteiger partial charge >= 0.3 is 0 Å². The van der Waals surface area contributed by atoms with Gasteiger partial charge < -0.3 is 16.0 Å². The molecule has 1 aromatic heterocycles. The summed E-state index contributed by atoms with van der Waals surface area (Å²) in [6.45, 7) is 4.00. The van der Waals surface area contributed by atoms with Crippen LogP contribution in [0.5, 0.6) is 0 Å². The summed E-state index contributed by atoms with van der Waals surface area (Å²) in [6.07, 6.45) is 1.46. The molecule has 0 bridgehead atoms. The third kappa shape index (κ3) is 3.73. The minimum atomic E-state index is -0.568. The molecule has 6 nitrogen and oxygen atoms in total. The lowest BCUT2D eigenvalue weighted by atomic mass is 10.2. The van der Waals surface area contributed by atoms with E-state index in [9.17, 15) is 9.59 Å². The Morgan fingerprint density at radius 3 is 2.61 bits per heavy atom. The van der Waals surface area contributed by atoms with Crippen molar-refractivity contribution in [2.45, 2.75) is 19.9 Å². The second kappa shape index (κ2) is 6.58. The normalized spacial score (nSPS) is 11.5. The van der Waals surface area contributed by atoms with Crippen LogP contribution in [-0.4, -0.2) is 36.4 Å². The molecule has 0 aromatic carbocycles. The molecule has 0 aliphatic heterocycles. The topological polar surface area (TPSA) is 83.1 Å². The van der Waals surface area contributed by atoms with Crippen molar-refractivity contribution < 1.29 is 9.59 Å². The van der Waals surface area contributed by atoms with Gasteiger partial charge in [-0.2, -0.15) is 0 Å². The Hall–Kier alpha value is -2.11. The Balaban J connectivity index is 2.61. The molecular formula is C12H18N4O2. The maximum atomic E-state index is 11.8. The quantitative estimate of drug-likeness (QED) is 0.705. The number of anilines is 1. The van der Waals surface area contributed by atoms with E-state index < -0.39 is 6.04 Å². The first kappa shape index (κ1) is 14.0. The number of hydrogen-bond acceptors (Lipinski definition) is 4. The van der Waals surface area contributed by atoms with Gasteiger partial charge in [-0.05, 0) is 26.0 Å². The van der Waals surface area contributed by atoms with E-state index in [-0.39, 0.29) is 11.8 Å². The third-order valence-electron chi connectivity index (χ3n) is 2.37. The van der Waals surface area contributed by atoms with Crippen molar-refractivity contribution in [3.63, 3.8) is 0 Å². The van der Waals surface area contributed by atoms with E-state index in [4.69, 9.17) is 0 Å². The first-order valence-corrected chi connectivity index (χ1v) is 5.80. The van der Waals surface area contributed by atoms with E-state index in [0.717, 1.165) is 0 Å². The molecule has 0 radical (unpaired) electrons. The molecule has 0 saturated heterocycles. The Labute approximate surface area is 106 Å². The number of amides is 2. The predicted octanol–water partition coefficient (Wildman–Crippen LogP) is 0.378. The van der Waals surface area contributed by atoms with Gasteiger partial charge in [0.2, 0.25) is 5.91 Å². The summed E-state index contributed by atoms with van der Waals surface area (Å²) < 4.78 is 0. The van der Waals surface area contributed by atoms with Gasteiger partial charge in [-0.1, -0.05) is 0 Å². The molecule has 3 N–H and O–H groups in total. The molecule has 1 heterocycles. The lowest BCUT2D eigenvalue weighted by Gasteiger charge is -2.13. The summed E-state index contributed by atoms with van der Waals surface area (Å²) >= 11 is 0. The van der Waals surface area contributed by atoms with E-state index in [1.54, 1.807) is 26.1 Å². The Bertz CT molecular complexity index is 417. The van der Waals surface area contributed by atoms with Gasteiger partial charge in [0, 0.05) is 19.8 Å². The van der Waals surface area contributed by atoms with Gasteiger partial charge in [0.15, 0.2) is 0 Å². The van der Waals surface area contributed by atoms with Crippen molar-refractivity contribution in [2.75, 3.05) is 18.9 Å². The highest BCUT2D eigenvalue weighted by molar-refractivity contribution is 5.97. The van der Waals surface area contributed by atoms with Crippen LogP contribution in [0.4, 0.5) is 5.82 Å². The van der Waals surface area contributed by atoms with Crippen LogP contribution in [0, 0.1) is 0 Å². The van der Waals surface area contributed by atoms with E-state index in [1.807, 2.05) is 6.92 Å². The largest absolute Gasteiger partial charge is 0.373 e. The fourth-order valence-corrected chi connectivity index (χ4v) is 1.35. The van der Waals surface area contributed by atoms with Crippen LogP contribution >= 0.6 is 0 Å². The second-order valence-corrected chi connectivity index (χ2v) is 3.77. The van der Waals surface area contributed by atoms with E-state index in [0.29, 0.717) is 17.9 Å². The number of carbonyl (C=O) groups is 2. The summed E-state index contributed by atoms with van der Waals surface area (Å²) in [7, 11) is 1.75. The first-order chi connectivity index (χ1) is 8.58. The molecule has 1 unspecified atom stereocenters.